The van der Waals surface area contributed by atoms with Gasteiger partial charge in [0.1, 0.15) is 16.7 Å². The lowest BCUT2D eigenvalue weighted by atomic mass is 10.1. The topological polar surface area (TPSA) is 98.9 Å². The SMILES string of the molecule is CC.Cc1ccc(F)cc1.O=C(CNC(=O)c1cc2cc(Cl)ncc2[nH]1)NC1CCNCC1. The Balaban J connectivity index is 0.000000323. The first kappa shape index (κ1) is 26.3. The molecule has 2 amide bonds. The average Bonchev–Trinajstić information content (AvgIpc) is 3.25. The van der Waals surface area contributed by atoms with E-state index in [4.69, 9.17) is 11.6 Å². The van der Waals surface area contributed by atoms with Crippen molar-refractivity contribution in [3.05, 3.63) is 64.8 Å². The lowest BCUT2D eigenvalue weighted by molar-refractivity contribution is -0.121. The molecule has 3 aromatic rings. The first-order valence-electron chi connectivity index (χ1n) is 11.1. The van der Waals surface area contributed by atoms with Crippen LogP contribution in [0, 0.1) is 12.7 Å². The molecule has 0 radical (unpaired) electrons. The van der Waals surface area contributed by atoms with E-state index in [-0.39, 0.29) is 30.2 Å². The van der Waals surface area contributed by atoms with E-state index in [1.165, 1.54) is 12.1 Å². The van der Waals surface area contributed by atoms with Gasteiger partial charge in [0, 0.05) is 11.4 Å². The first-order chi connectivity index (χ1) is 15.9. The number of benzene rings is 1. The molecule has 2 aromatic heterocycles. The molecule has 7 nitrogen and oxygen atoms in total. The Labute approximate surface area is 198 Å². The first-order valence-corrected chi connectivity index (χ1v) is 11.4. The van der Waals surface area contributed by atoms with Crippen LogP contribution in [-0.4, -0.2) is 47.5 Å². The zero-order valence-electron chi connectivity index (χ0n) is 19.2. The molecule has 4 N–H and O–H groups in total. The number of pyridine rings is 1. The van der Waals surface area contributed by atoms with Crippen molar-refractivity contribution in [3.63, 3.8) is 0 Å². The summed E-state index contributed by atoms with van der Waals surface area (Å²) >= 11 is 5.82. The third-order valence-electron chi connectivity index (χ3n) is 4.84. The summed E-state index contributed by atoms with van der Waals surface area (Å²) in [5, 5.41) is 9.94. The maximum absolute atomic E-state index is 12.1. The average molecular weight is 476 g/mol. The molecule has 9 heteroatoms. The fourth-order valence-electron chi connectivity index (χ4n) is 3.16. The predicted molar refractivity (Wildman–Crippen MR) is 130 cm³/mol. The van der Waals surface area contributed by atoms with Crippen molar-refractivity contribution in [2.75, 3.05) is 19.6 Å². The molecule has 178 valence electrons. The van der Waals surface area contributed by atoms with E-state index in [9.17, 15) is 14.0 Å². The molecular weight excluding hydrogens is 445 g/mol. The molecule has 1 aliphatic heterocycles. The molecule has 3 heterocycles. The van der Waals surface area contributed by atoms with Crippen LogP contribution in [0.1, 0.15) is 42.7 Å². The highest BCUT2D eigenvalue weighted by Gasteiger charge is 2.16. The van der Waals surface area contributed by atoms with Gasteiger partial charge in [-0.1, -0.05) is 43.1 Å². The fraction of sp³-hybridized carbons (Fsp3) is 0.375. The van der Waals surface area contributed by atoms with Crippen LogP contribution in [0.2, 0.25) is 5.15 Å². The third kappa shape index (κ3) is 8.82. The van der Waals surface area contributed by atoms with Gasteiger partial charge in [-0.05, 0) is 57.1 Å². The summed E-state index contributed by atoms with van der Waals surface area (Å²) in [6.07, 6.45) is 3.39. The number of piperidine rings is 1. The maximum Gasteiger partial charge on any atom is 0.268 e. The minimum Gasteiger partial charge on any atom is -0.352 e. The number of hydrogen-bond donors (Lipinski definition) is 4. The van der Waals surface area contributed by atoms with Crippen molar-refractivity contribution in [1.29, 1.82) is 0 Å². The lowest BCUT2D eigenvalue weighted by Gasteiger charge is -2.23. The molecule has 1 aliphatic rings. The zero-order valence-corrected chi connectivity index (χ0v) is 19.9. The summed E-state index contributed by atoms with van der Waals surface area (Å²) in [6, 6.07) is 9.94. The largest absolute Gasteiger partial charge is 0.352 e. The molecule has 0 spiro atoms. The van der Waals surface area contributed by atoms with E-state index in [0.29, 0.717) is 10.8 Å². The number of hydrogen-bond acceptors (Lipinski definition) is 4. The van der Waals surface area contributed by atoms with Crippen LogP contribution >= 0.6 is 11.6 Å². The molecule has 1 aromatic carbocycles. The normalized spacial score (nSPS) is 13.2. The highest BCUT2D eigenvalue weighted by atomic mass is 35.5. The van der Waals surface area contributed by atoms with Crippen LogP contribution < -0.4 is 16.0 Å². The predicted octanol–water partition coefficient (Wildman–Crippen LogP) is 3.97. The Morgan fingerprint density at radius 1 is 1.15 bits per heavy atom. The Morgan fingerprint density at radius 2 is 1.82 bits per heavy atom. The highest BCUT2D eigenvalue weighted by molar-refractivity contribution is 6.30. The number of nitrogens with one attached hydrogen (secondary N) is 4. The molecule has 0 unspecified atom stereocenters. The van der Waals surface area contributed by atoms with Gasteiger partial charge in [0.25, 0.3) is 5.91 Å². The number of nitrogens with zero attached hydrogens (tertiary/aromatic N) is 1. The number of fused-ring (bicyclic) bond motifs is 1. The number of halogens is 2. The number of amides is 2. The van der Waals surface area contributed by atoms with Crippen molar-refractivity contribution in [2.45, 2.75) is 39.7 Å². The van der Waals surface area contributed by atoms with Gasteiger partial charge in [-0.25, -0.2) is 9.37 Å². The number of carbonyl (C=O) groups excluding carboxylic acids is 2. The number of aromatic amines is 1. The molecule has 0 aliphatic carbocycles. The summed E-state index contributed by atoms with van der Waals surface area (Å²) in [6.45, 7) is 7.70. The van der Waals surface area contributed by atoms with Crippen molar-refractivity contribution < 1.29 is 14.0 Å². The van der Waals surface area contributed by atoms with Gasteiger partial charge in [0.15, 0.2) is 0 Å². The second-order valence-electron chi connectivity index (χ2n) is 7.35. The standard InChI is InChI=1S/C15H18ClN5O2.C7H7F.C2H6/c16-13-6-9-5-11(21-12(9)7-18-13)15(23)19-8-14(22)20-10-1-3-17-4-2-10;1-6-2-4-7(8)5-3-6;1-2/h5-7,10,17,21H,1-4,8H2,(H,19,23)(H,20,22);2-5H,1H3;1-2H3. The molecule has 4 rings (SSSR count). The Bertz CT molecular complexity index is 1010. The molecule has 1 fully saturated rings. The number of H-pyrrole nitrogens is 1. The van der Waals surface area contributed by atoms with Gasteiger partial charge in [0.05, 0.1) is 18.3 Å². The summed E-state index contributed by atoms with van der Waals surface area (Å²) in [5.41, 5.74) is 2.18. The number of carbonyl (C=O) groups is 2. The molecule has 0 atom stereocenters. The Morgan fingerprint density at radius 3 is 2.45 bits per heavy atom. The minimum absolute atomic E-state index is 0.0445. The van der Waals surface area contributed by atoms with Gasteiger partial charge in [-0.15, -0.1) is 0 Å². The van der Waals surface area contributed by atoms with Crippen molar-refractivity contribution in [2.24, 2.45) is 0 Å². The van der Waals surface area contributed by atoms with Gasteiger partial charge in [-0.3, -0.25) is 9.59 Å². The number of aromatic nitrogens is 2. The summed E-state index contributed by atoms with van der Waals surface area (Å²) < 4.78 is 12.1. The minimum atomic E-state index is -0.335. The molecule has 0 bridgehead atoms. The van der Waals surface area contributed by atoms with Gasteiger partial charge in [-0.2, -0.15) is 0 Å². The highest BCUT2D eigenvalue weighted by Crippen LogP contribution is 2.17. The van der Waals surface area contributed by atoms with E-state index >= 15 is 0 Å². The summed E-state index contributed by atoms with van der Waals surface area (Å²) in [4.78, 5) is 30.9. The molecule has 1 saturated heterocycles. The molecule has 0 saturated carbocycles. The lowest BCUT2D eigenvalue weighted by Crippen LogP contribution is -2.46. The van der Waals surface area contributed by atoms with Crippen LogP contribution in [0.4, 0.5) is 4.39 Å². The van der Waals surface area contributed by atoms with E-state index in [0.717, 1.165) is 42.4 Å². The van der Waals surface area contributed by atoms with Gasteiger partial charge in [0.2, 0.25) is 5.91 Å². The van der Waals surface area contributed by atoms with Crippen LogP contribution in [0.25, 0.3) is 10.9 Å². The van der Waals surface area contributed by atoms with Gasteiger partial charge >= 0.3 is 0 Å². The summed E-state index contributed by atoms with van der Waals surface area (Å²) in [5.74, 6) is -0.681. The molecular formula is C24H31ClFN5O2. The smallest absolute Gasteiger partial charge is 0.268 e. The number of aryl methyl sites for hydroxylation is 1. The van der Waals surface area contributed by atoms with E-state index in [2.05, 4.69) is 25.9 Å². The quantitative estimate of drug-likeness (QED) is 0.429. The monoisotopic (exact) mass is 475 g/mol. The Hall–Kier alpha value is -2.97. The van der Waals surface area contributed by atoms with E-state index < -0.39 is 0 Å². The van der Waals surface area contributed by atoms with Crippen molar-refractivity contribution in [3.8, 4) is 0 Å². The van der Waals surface area contributed by atoms with Gasteiger partial charge < -0.3 is 20.9 Å². The number of rotatable bonds is 4. The second kappa shape index (κ2) is 13.5. The van der Waals surface area contributed by atoms with Crippen LogP contribution in [0.15, 0.2) is 42.6 Å². The maximum atomic E-state index is 12.1. The fourth-order valence-corrected chi connectivity index (χ4v) is 3.33. The third-order valence-corrected chi connectivity index (χ3v) is 5.05. The zero-order chi connectivity index (χ0) is 24.2. The van der Waals surface area contributed by atoms with Crippen molar-refractivity contribution in [1.82, 2.24) is 25.9 Å². The van der Waals surface area contributed by atoms with Crippen molar-refractivity contribution >= 4 is 34.3 Å². The van der Waals surface area contributed by atoms with E-state index in [1.54, 1.807) is 30.5 Å². The Kier molecular flexibility index (Phi) is 10.8. The van der Waals surface area contributed by atoms with E-state index in [1.807, 2.05) is 20.8 Å². The summed E-state index contributed by atoms with van der Waals surface area (Å²) in [7, 11) is 0. The van der Waals surface area contributed by atoms with Crippen LogP contribution in [0.5, 0.6) is 0 Å². The van der Waals surface area contributed by atoms with Crippen LogP contribution in [0.3, 0.4) is 0 Å². The van der Waals surface area contributed by atoms with Crippen LogP contribution in [-0.2, 0) is 4.79 Å². The second-order valence-corrected chi connectivity index (χ2v) is 7.73. The molecule has 33 heavy (non-hydrogen) atoms.